The summed E-state index contributed by atoms with van der Waals surface area (Å²) < 4.78 is 27.2. The van der Waals surface area contributed by atoms with E-state index in [9.17, 15) is 28.4 Å². The number of imidazole rings is 1. The number of benzene rings is 1. The molecular weight excluding hydrogens is 575 g/mol. The average molecular weight is 611 g/mol. The first kappa shape index (κ1) is 31.9. The molecule has 3 aromatic rings. The number of hydrogen-bond acceptors (Lipinski definition) is 8. The largest absolute Gasteiger partial charge is 0.449 e. The van der Waals surface area contributed by atoms with Gasteiger partial charge in [0.15, 0.2) is 6.10 Å². The van der Waals surface area contributed by atoms with E-state index in [1.165, 1.54) is 70.7 Å². The summed E-state index contributed by atoms with van der Waals surface area (Å²) in [5, 5.41) is 2.52. The number of aromatic nitrogens is 3. The van der Waals surface area contributed by atoms with E-state index in [0.29, 0.717) is 11.4 Å². The minimum Gasteiger partial charge on any atom is -0.449 e. The van der Waals surface area contributed by atoms with Crippen molar-refractivity contribution in [3.8, 4) is 0 Å². The van der Waals surface area contributed by atoms with Gasteiger partial charge in [0.1, 0.15) is 17.3 Å². The number of likely N-dealkylation sites (N-methyl/N-ethyl adjacent to an activating group) is 1. The Balaban J connectivity index is 1.55. The molecule has 234 valence electrons. The molecule has 2 aromatic heterocycles. The van der Waals surface area contributed by atoms with Crippen LogP contribution < -0.4 is 10.9 Å². The molecule has 0 aliphatic heterocycles. The standard InChI is InChI=1S/C30H35FN6O7/c1-34(2)26(38)10-6-5-9-24(44-29(41)35(3)4)27(39)33-21-8-7-15-36(28(21)40)17-25-32-22-16-20(31)13-14-23(22)37(25)30(42)43-18-19-11-12-19/h6-8,10,13-16,19,24H,5,9,11-12,17-18H2,1-4H3,(H,33,39)/b10-6+/t24-/m0/s1. The third-order valence-corrected chi connectivity index (χ3v) is 6.80. The van der Waals surface area contributed by atoms with Gasteiger partial charge in [0, 0.05) is 40.5 Å². The lowest BCUT2D eigenvalue weighted by Crippen LogP contribution is -2.37. The van der Waals surface area contributed by atoms with Crippen molar-refractivity contribution in [2.75, 3.05) is 40.1 Å². The van der Waals surface area contributed by atoms with Crippen LogP contribution in [0.2, 0.25) is 0 Å². The number of nitrogens with one attached hydrogen (secondary N) is 1. The van der Waals surface area contributed by atoms with E-state index >= 15 is 0 Å². The van der Waals surface area contributed by atoms with Crippen LogP contribution in [-0.4, -0.2) is 88.8 Å². The number of carbonyl (C=O) groups is 4. The third-order valence-electron chi connectivity index (χ3n) is 6.80. The molecule has 2 heterocycles. The molecular formula is C30H35FN6O7. The fourth-order valence-corrected chi connectivity index (χ4v) is 4.12. The Morgan fingerprint density at radius 1 is 1.14 bits per heavy atom. The van der Waals surface area contributed by atoms with Gasteiger partial charge in [-0.05, 0) is 61.9 Å². The summed E-state index contributed by atoms with van der Waals surface area (Å²) in [6.45, 7) is 0.0586. The van der Waals surface area contributed by atoms with Gasteiger partial charge in [-0.1, -0.05) is 6.08 Å². The van der Waals surface area contributed by atoms with Crippen molar-refractivity contribution >= 4 is 40.7 Å². The second-order valence-corrected chi connectivity index (χ2v) is 10.8. The van der Waals surface area contributed by atoms with Crippen molar-refractivity contribution in [3.63, 3.8) is 0 Å². The summed E-state index contributed by atoms with van der Waals surface area (Å²) in [7, 11) is 6.13. The number of nitrogens with zero attached hydrogens (tertiary/aromatic N) is 5. The van der Waals surface area contributed by atoms with Crippen molar-refractivity contribution in [1.82, 2.24) is 23.9 Å². The molecule has 1 saturated carbocycles. The number of hydrogen-bond donors (Lipinski definition) is 1. The first-order chi connectivity index (χ1) is 20.9. The number of carbonyl (C=O) groups excluding carboxylic acids is 4. The highest BCUT2D eigenvalue weighted by Gasteiger charge is 2.27. The lowest BCUT2D eigenvalue weighted by molar-refractivity contribution is -0.125. The van der Waals surface area contributed by atoms with Crippen molar-refractivity contribution in [2.45, 2.75) is 38.3 Å². The van der Waals surface area contributed by atoms with E-state index in [1.807, 2.05) is 0 Å². The molecule has 0 spiro atoms. The van der Waals surface area contributed by atoms with Crippen LogP contribution in [0, 0.1) is 11.7 Å². The van der Waals surface area contributed by atoms with Gasteiger partial charge in [-0.25, -0.2) is 23.5 Å². The molecule has 1 aliphatic rings. The number of rotatable bonds is 11. The summed E-state index contributed by atoms with van der Waals surface area (Å²) in [5.41, 5.74) is -0.183. The van der Waals surface area contributed by atoms with E-state index in [2.05, 4.69) is 10.3 Å². The lowest BCUT2D eigenvalue weighted by Gasteiger charge is -2.19. The van der Waals surface area contributed by atoms with Gasteiger partial charge in [-0.2, -0.15) is 0 Å². The van der Waals surface area contributed by atoms with Gasteiger partial charge in [-0.15, -0.1) is 0 Å². The van der Waals surface area contributed by atoms with Crippen molar-refractivity contribution in [1.29, 1.82) is 0 Å². The number of ether oxygens (including phenoxy) is 2. The highest BCUT2D eigenvalue weighted by molar-refractivity contribution is 5.95. The number of halogens is 1. The summed E-state index contributed by atoms with van der Waals surface area (Å²) in [5.74, 6) is -1.07. The zero-order chi connectivity index (χ0) is 32.0. The minimum atomic E-state index is -1.27. The van der Waals surface area contributed by atoms with Crippen LogP contribution in [0.1, 0.15) is 31.5 Å². The number of amides is 3. The molecule has 14 heteroatoms. The first-order valence-electron chi connectivity index (χ1n) is 14.0. The molecule has 1 aromatic carbocycles. The lowest BCUT2D eigenvalue weighted by atomic mass is 10.1. The molecule has 0 unspecified atom stereocenters. The molecule has 1 N–H and O–H groups in total. The van der Waals surface area contributed by atoms with Crippen LogP contribution in [0.15, 0.2) is 53.5 Å². The van der Waals surface area contributed by atoms with E-state index in [-0.39, 0.29) is 48.9 Å². The topological polar surface area (TPSA) is 145 Å². The Bertz CT molecular complexity index is 1640. The zero-order valence-electron chi connectivity index (χ0n) is 25.0. The zero-order valence-corrected chi connectivity index (χ0v) is 25.0. The van der Waals surface area contributed by atoms with Gasteiger partial charge in [0.05, 0.1) is 24.2 Å². The normalized spacial score (nSPS) is 13.5. The maximum Gasteiger partial charge on any atom is 0.420 e. The maximum absolute atomic E-state index is 13.9. The van der Waals surface area contributed by atoms with Gasteiger partial charge in [-0.3, -0.25) is 14.4 Å². The number of anilines is 1. The van der Waals surface area contributed by atoms with E-state index in [4.69, 9.17) is 9.47 Å². The summed E-state index contributed by atoms with van der Waals surface area (Å²) in [6, 6.07) is 6.71. The monoisotopic (exact) mass is 610 g/mol. The van der Waals surface area contributed by atoms with Gasteiger partial charge in [0.25, 0.3) is 11.5 Å². The van der Waals surface area contributed by atoms with Crippen LogP contribution in [0.5, 0.6) is 0 Å². The molecule has 0 radical (unpaired) electrons. The first-order valence-corrected chi connectivity index (χ1v) is 14.0. The van der Waals surface area contributed by atoms with E-state index in [0.717, 1.165) is 17.7 Å². The molecule has 4 rings (SSSR count). The Kier molecular flexibility index (Phi) is 10.1. The molecule has 44 heavy (non-hydrogen) atoms. The van der Waals surface area contributed by atoms with Crippen LogP contribution in [0.3, 0.4) is 0 Å². The SMILES string of the molecule is CN(C)C(=O)/C=C/CC[C@H](OC(=O)N(C)C)C(=O)Nc1cccn(Cc2nc3cc(F)ccc3n2C(=O)OCC2CC2)c1=O. The van der Waals surface area contributed by atoms with E-state index in [1.54, 1.807) is 20.2 Å². The Morgan fingerprint density at radius 2 is 1.89 bits per heavy atom. The van der Waals surface area contributed by atoms with Gasteiger partial charge in [0.2, 0.25) is 5.91 Å². The molecule has 13 nitrogen and oxygen atoms in total. The average Bonchev–Trinajstić information content (AvgIpc) is 3.74. The predicted octanol–water partition coefficient (Wildman–Crippen LogP) is 3.21. The maximum atomic E-state index is 13.9. The van der Waals surface area contributed by atoms with Crippen LogP contribution in [-0.2, 0) is 25.6 Å². The fourth-order valence-electron chi connectivity index (χ4n) is 4.12. The number of pyridine rings is 1. The van der Waals surface area contributed by atoms with Gasteiger partial charge < -0.3 is 29.2 Å². The highest BCUT2D eigenvalue weighted by atomic mass is 19.1. The smallest absolute Gasteiger partial charge is 0.420 e. The van der Waals surface area contributed by atoms with Crippen LogP contribution in [0.4, 0.5) is 19.7 Å². The van der Waals surface area contributed by atoms with Crippen molar-refractivity contribution < 1.29 is 33.0 Å². The molecule has 1 aliphatic carbocycles. The van der Waals surface area contributed by atoms with Crippen LogP contribution in [0.25, 0.3) is 11.0 Å². The summed E-state index contributed by atoms with van der Waals surface area (Å²) in [6.07, 6.45) is 3.90. The quantitative estimate of drug-likeness (QED) is 0.326. The second-order valence-electron chi connectivity index (χ2n) is 10.8. The summed E-state index contributed by atoms with van der Waals surface area (Å²) in [4.78, 5) is 70.6. The Labute approximate surface area is 252 Å². The highest BCUT2D eigenvalue weighted by Crippen LogP contribution is 2.29. The minimum absolute atomic E-state index is 0.0488. The number of fused-ring (bicyclic) bond motifs is 1. The molecule has 1 atom stereocenters. The van der Waals surface area contributed by atoms with Crippen molar-refractivity contribution in [3.05, 3.63) is 70.7 Å². The van der Waals surface area contributed by atoms with Crippen molar-refractivity contribution in [2.24, 2.45) is 5.92 Å². The predicted molar refractivity (Wildman–Crippen MR) is 159 cm³/mol. The van der Waals surface area contributed by atoms with Crippen LogP contribution >= 0.6 is 0 Å². The molecule has 0 bridgehead atoms. The van der Waals surface area contributed by atoms with Gasteiger partial charge >= 0.3 is 12.2 Å². The Hall–Kier alpha value is -5.01. The Morgan fingerprint density at radius 3 is 2.57 bits per heavy atom. The second kappa shape index (κ2) is 14.0. The number of allylic oxidation sites excluding steroid dienone is 1. The fraction of sp³-hybridized carbons (Fsp3) is 0.400. The summed E-state index contributed by atoms with van der Waals surface area (Å²) >= 11 is 0. The molecule has 0 saturated heterocycles. The van der Waals surface area contributed by atoms with E-state index < -0.39 is 35.6 Å². The third kappa shape index (κ3) is 8.08. The molecule has 1 fully saturated rings. The molecule has 3 amide bonds.